The Morgan fingerprint density at radius 1 is 1.29 bits per heavy atom. The molecular formula is C18H24N2O3S. The molecule has 2 atom stereocenters. The van der Waals surface area contributed by atoms with E-state index < -0.39 is 6.10 Å². The first-order valence-corrected chi connectivity index (χ1v) is 8.98. The van der Waals surface area contributed by atoms with Gasteiger partial charge in [-0.1, -0.05) is 17.7 Å². The summed E-state index contributed by atoms with van der Waals surface area (Å²) in [6.07, 6.45) is 1.21. The van der Waals surface area contributed by atoms with Gasteiger partial charge in [-0.2, -0.15) is 0 Å². The largest absolute Gasteiger partial charge is 0.467 e. The van der Waals surface area contributed by atoms with Crippen molar-refractivity contribution in [1.82, 2.24) is 10.6 Å². The summed E-state index contributed by atoms with van der Waals surface area (Å²) < 4.78 is 5.15. The predicted octanol–water partition coefficient (Wildman–Crippen LogP) is 3.49. The van der Waals surface area contributed by atoms with Gasteiger partial charge in [-0.3, -0.25) is 0 Å². The number of thioether (sulfide) groups is 1. The van der Waals surface area contributed by atoms with Gasteiger partial charge in [0.15, 0.2) is 0 Å². The Morgan fingerprint density at radius 2 is 2.04 bits per heavy atom. The molecule has 0 radical (unpaired) electrons. The van der Waals surface area contributed by atoms with E-state index in [1.165, 1.54) is 16.7 Å². The zero-order chi connectivity index (χ0) is 17.4. The third-order valence-electron chi connectivity index (χ3n) is 3.50. The van der Waals surface area contributed by atoms with Crippen molar-refractivity contribution < 1.29 is 14.3 Å². The van der Waals surface area contributed by atoms with E-state index in [1.54, 1.807) is 23.9 Å². The number of benzene rings is 1. The molecule has 0 spiro atoms. The molecular weight excluding hydrogens is 324 g/mol. The van der Waals surface area contributed by atoms with E-state index >= 15 is 0 Å². The number of amides is 2. The Kier molecular flexibility index (Phi) is 7.21. The van der Waals surface area contributed by atoms with E-state index in [1.807, 2.05) is 6.92 Å². The number of carbonyl (C=O) groups is 1. The topological polar surface area (TPSA) is 74.5 Å². The second-order valence-electron chi connectivity index (χ2n) is 5.73. The summed E-state index contributed by atoms with van der Waals surface area (Å²) in [5.41, 5.74) is 1.24. The van der Waals surface area contributed by atoms with E-state index in [0.29, 0.717) is 18.7 Å². The Bertz CT molecular complexity index is 614. The molecule has 0 fully saturated rings. The fourth-order valence-electron chi connectivity index (χ4n) is 2.23. The van der Waals surface area contributed by atoms with Crippen LogP contribution in [-0.2, 0) is 0 Å². The van der Waals surface area contributed by atoms with Crippen molar-refractivity contribution in [3.63, 3.8) is 0 Å². The van der Waals surface area contributed by atoms with Crippen molar-refractivity contribution >= 4 is 17.8 Å². The SMILES string of the molecule is Cc1ccc(SCCNC(=O)NC(C)CC(O)c2ccco2)cc1. The quantitative estimate of drug-likeness (QED) is 0.504. The lowest BCUT2D eigenvalue weighted by atomic mass is 10.1. The van der Waals surface area contributed by atoms with E-state index in [0.717, 1.165) is 5.75 Å². The Hall–Kier alpha value is -1.92. The van der Waals surface area contributed by atoms with E-state index in [2.05, 4.69) is 41.8 Å². The normalized spacial score (nSPS) is 13.3. The van der Waals surface area contributed by atoms with Crippen LogP contribution in [0.5, 0.6) is 0 Å². The van der Waals surface area contributed by atoms with Crippen LogP contribution in [0.25, 0.3) is 0 Å². The maximum atomic E-state index is 11.8. The molecule has 0 aliphatic carbocycles. The minimum atomic E-state index is -0.715. The van der Waals surface area contributed by atoms with Gasteiger partial charge in [0.25, 0.3) is 0 Å². The van der Waals surface area contributed by atoms with Crippen LogP contribution in [0.3, 0.4) is 0 Å². The molecule has 1 aromatic carbocycles. The number of aliphatic hydroxyl groups excluding tert-OH is 1. The van der Waals surface area contributed by atoms with Gasteiger partial charge in [-0.25, -0.2) is 4.79 Å². The minimum absolute atomic E-state index is 0.158. The average molecular weight is 348 g/mol. The summed E-state index contributed by atoms with van der Waals surface area (Å²) in [5.74, 6) is 1.32. The molecule has 2 amide bonds. The highest BCUT2D eigenvalue weighted by Crippen LogP contribution is 2.19. The Balaban J connectivity index is 1.61. The van der Waals surface area contributed by atoms with Crippen LogP contribution in [0.2, 0.25) is 0 Å². The number of nitrogens with one attached hydrogen (secondary N) is 2. The van der Waals surface area contributed by atoms with Crippen LogP contribution in [-0.4, -0.2) is 29.5 Å². The number of furan rings is 1. The highest BCUT2D eigenvalue weighted by molar-refractivity contribution is 7.99. The molecule has 1 aromatic heterocycles. The molecule has 6 heteroatoms. The summed E-state index contributed by atoms with van der Waals surface area (Å²) in [5, 5.41) is 15.6. The lowest BCUT2D eigenvalue weighted by Gasteiger charge is -2.17. The molecule has 0 aliphatic rings. The molecule has 3 N–H and O–H groups in total. The number of aliphatic hydroxyl groups is 1. The molecule has 2 unspecified atom stereocenters. The van der Waals surface area contributed by atoms with Crippen molar-refractivity contribution in [1.29, 1.82) is 0 Å². The molecule has 2 aromatic rings. The van der Waals surface area contributed by atoms with Gasteiger partial charge in [-0.05, 0) is 38.1 Å². The third-order valence-corrected chi connectivity index (χ3v) is 4.52. The number of urea groups is 1. The maximum Gasteiger partial charge on any atom is 0.315 e. The van der Waals surface area contributed by atoms with Crippen molar-refractivity contribution in [3.05, 3.63) is 54.0 Å². The number of hydrogen-bond acceptors (Lipinski definition) is 4. The summed E-state index contributed by atoms with van der Waals surface area (Å²) in [6, 6.07) is 11.4. The number of aryl methyl sites for hydroxylation is 1. The van der Waals surface area contributed by atoms with E-state index in [9.17, 15) is 9.90 Å². The molecule has 24 heavy (non-hydrogen) atoms. The van der Waals surface area contributed by atoms with E-state index in [-0.39, 0.29) is 12.1 Å². The molecule has 0 aliphatic heterocycles. The molecule has 0 saturated heterocycles. The highest BCUT2D eigenvalue weighted by atomic mass is 32.2. The van der Waals surface area contributed by atoms with Gasteiger partial charge in [-0.15, -0.1) is 11.8 Å². The Morgan fingerprint density at radius 3 is 2.71 bits per heavy atom. The second kappa shape index (κ2) is 9.39. The summed E-state index contributed by atoms with van der Waals surface area (Å²) >= 11 is 1.70. The van der Waals surface area contributed by atoms with Gasteiger partial charge in [0.05, 0.1) is 6.26 Å². The fourth-order valence-corrected chi connectivity index (χ4v) is 3.00. The van der Waals surface area contributed by atoms with Crippen LogP contribution >= 0.6 is 11.8 Å². The second-order valence-corrected chi connectivity index (χ2v) is 6.90. The summed E-state index contributed by atoms with van der Waals surface area (Å²) in [4.78, 5) is 13.0. The van der Waals surface area contributed by atoms with Crippen LogP contribution in [0.4, 0.5) is 4.79 Å². The van der Waals surface area contributed by atoms with Gasteiger partial charge in [0.1, 0.15) is 11.9 Å². The van der Waals surface area contributed by atoms with Crippen molar-refractivity contribution in [3.8, 4) is 0 Å². The first-order valence-electron chi connectivity index (χ1n) is 8.00. The Labute approximate surface area is 146 Å². The molecule has 0 saturated carbocycles. The number of rotatable bonds is 8. The lowest BCUT2D eigenvalue weighted by Crippen LogP contribution is -2.42. The standard InChI is InChI=1S/C18H24N2O3S/c1-13-5-7-15(8-6-13)24-11-9-19-18(22)20-14(2)12-16(21)17-4-3-10-23-17/h3-8,10,14,16,21H,9,11-12H2,1-2H3,(H2,19,20,22). The molecule has 2 rings (SSSR count). The predicted molar refractivity (Wildman–Crippen MR) is 96.2 cm³/mol. The molecule has 0 bridgehead atoms. The van der Waals surface area contributed by atoms with Gasteiger partial charge in [0.2, 0.25) is 0 Å². The zero-order valence-electron chi connectivity index (χ0n) is 14.0. The lowest BCUT2D eigenvalue weighted by molar-refractivity contribution is 0.129. The maximum absolute atomic E-state index is 11.8. The third kappa shape index (κ3) is 6.29. The van der Waals surface area contributed by atoms with Crippen molar-refractivity contribution in [2.45, 2.75) is 37.3 Å². The van der Waals surface area contributed by atoms with Crippen molar-refractivity contribution in [2.75, 3.05) is 12.3 Å². The number of carbonyl (C=O) groups excluding carboxylic acids is 1. The highest BCUT2D eigenvalue weighted by Gasteiger charge is 2.16. The first kappa shape index (κ1) is 18.4. The van der Waals surface area contributed by atoms with Gasteiger partial charge < -0.3 is 20.2 Å². The van der Waals surface area contributed by atoms with Gasteiger partial charge >= 0.3 is 6.03 Å². The smallest absolute Gasteiger partial charge is 0.315 e. The zero-order valence-corrected chi connectivity index (χ0v) is 14.8. The first-order chi connectivity index (χ1) is 11.5. The fraction of sp³-hybridized carbons (Fsp3) is 0.389. The van der Waals surface area contributed by atoms with Crippen molar-refractivity contribution in [2.24, 2.45) is 0 Å². The number of hydrogen-bond donors (Lipinski definition) is 3. The molecule has 130 valence electrons. The molecule has 5 nitrogen and oxygen atoms in total. The minimum Gasteiger partial charge on any atom is -0.467 e. The van der Waals surface area contributed by atoms with Crippen LogP contribution in [0.15, 0.2) is 52.0 Å². The van der Waals surface area contributed by atoms with Gasteiger partial charge in [0, 0.05) is 29.7 Å². The summed E-state index contributed by atoms with van der Waals surface area (Å²) in [7, 11) is 0. The van der Waals surface area contributed by atoms with Crippen LogP contribution < -0.4 is 10.6 Å². The van der Waals surface area contributed by atoms with E-state index in [4.69, 9.17) is 4.42 Å². The molecule has 1 heterocycles. The monoisotopic (exact) mass is 348 g/mol. The van der Waals surface area contributed by atoms with Crippen LogP contribution in [0.1, 0.15) is 30.8 Å². The summed E-state index contributed by atoms with van der Waals surface area (Å²) in [6.45, 7) is 4.49. The van der Waals surface area contributed by atoms with Crippen LogP contribution in [0, 0.1) is 6.92 Å². The average Bonchev–Trinajstić information content (AvgIpc) is 3.07.